The van der Waals surface area contributed by atoms with Crippen molar-refractivity contribution >= 4 is 31.9 Å². The van der Waals surface area contributed by atoms with Crippen LogP contribution in [-0.2, 0) is 6.42 Å². The van der Waals surface area contributed by atoms with Crippen molar-refractivity contribution in [2.45, 2.75) is 17.2 Å². The van der Waals surface area contributed by atoms with Gasteiger partial charge in [-0.15, -0.1) is 0 Å². The molecule has 98 valence electrons. The SMILES string of the molecule is Fc1cc(C(Br)C2Cc3ccccc32)c(F)cc1Br. The van der Waals surface area contributed by atoms with E-state index < -0.39 is 5.82 Å². The zero-order valence-electron chi connectivity index (χ0n) is 9.84. The van der Waals surface area contributed by atoms with Crippen molar-refractivity contribution < 1.29 is 8.78 Å². The lowest BCUT2D eigenvalue weighted by Gasteiger charge is -2.34. The third kappa shape index (κ3) is 2.25. The Morgan fingerprint density at radius 3 is 2.58 bits per heavy atom. The maximum absolute atomic E-state index is 14.0. The van der Waals surface area contributed by atoms with Crippen LogP contribution in [0.3, 0.4) is 0 Å². The molecule has 19 heavy (non-hydrogen) atoms. The average Bonchev–Trinajstić information content (AvgIpc) is 2.35. The molecular formula is C15H10Br2F2. The maximum atomic E-state index is 14.0. The smallest absolute Gasteiger partial charge is 0.137 e. The molecule has 0 amide bonds. The maximum Gasteiger partial charge on any atom is 0.137 e. The van der Waals surface area contributed by atoms with Crippen LogP contribution in [0.1, 0.15) is 27.4 Å². The van der Waals surface area contributed by atoms with Gasteiger partial charge in [-0.1, -0.05) is 40.2 Å². The highest BCUT2D eigenvalue weighted by Crippen LogP contribution is 2.48. The third-order valence-corrected chi connectivity index (χ3v) is 5.32. The van der Waals surface area contributed by atoms with Crippen molar-refractivity contribution in [1.29, 1.82) is 0 Å². The third-order valence-electron chi connectivity index (χ3n) is 3.58. The van der Waals surface area contributed by atoms with E-state index in [0.717, 1.165) is 6.42 Å². The molecule has 2 unspecified atom stereocenters. The van der Waals surface area contributed by atoms with Gasteiger partial charge in [-0.25, -0.2) is 8.78 Å². The molecule has 1 aliphatic carbocycles. The van der Waals surface area contributed by atoms with Crippen molar-refractivity contribution in [2.75, 3.05) is 0 Å². The van der Waals surface area contributed by atoms with Gasteiger partial charge < -0.3 is 0 Å². The van der Waals surface area contributed by atoms with Crippen molar-refractivity contribution in [3.8, 4) is 0 Å². The van der Waals surface area contributed by atoms with Crippen LogP contribution in [-0.4, -0.2) is 0 Å². The molecule has 0 nitrogen and oxygen atoms in total. The minimum Gasteiger partial charge on any atom is -0.207 e. The van der Waals surface area contributed by atoms with Gasteiger partial charge in [0.05, 0.1) is 4.47 Å². The molecule has 0 aromatic heterocycles. The number of fused-ring (bicyclic) bond motifs is 1. The molecule has 2 atom stereocenters. The summed E-state index contributed by atoms with van der Waals surface area (Å²) in [6.45, 7) is 0. The molecule has 1 aliphatic rings. The van der Waals surface area contributed by atoms with Gasteiger partial charge in [0, 0.05) is 16.3 Å². The summed E-state index contributed by atoms with van der Waals surface area (Å²) in [5, 5.41) is 0. The molecule has 0 aliphatic heterocycles. The number of rotatable bonds is 2. The van der Waals surface area contributed by atoms with E-state index in [1.54, 1.807) is 0 Å². The van der Waals surface area contributed by atoms with Crippen LogP contribution in [0.2, 0.25) is 0 Å². The number of benzene rings is 2. The highest BCUT2D eigenvalue weighted by molar-refractivity contribution is 9.10. The number of hydrogen-bond acceptors (Lipinski definition) is 0. The van der Waals surface area contributed by atoms with Crippen molar-refractivity contribution in [3.05, 3.63) is 69.2 Å². The summed E-state index contributed by atoms with van der Waals surface area (Å²) in [6, 6.07) is 10.5. The van der Waals surface area contributed by atoms with E-state index in [0.29, 0.717) is 5.56 Å². The van der Waals surface area contributed by atoms with Gasteiger partial charge in [0.1, 0.15) is 11.6 Å². The molecular weight excluding hydrogens is 378 g/mol. The van der Waals surface area contributed by atoms with Gasteiger partial charge in [-0.2, -0.15) is 0 Å². The van der Waals surface area contributed by atoms with E-state index >= 15 is 0 Å². The van der Waals surface area contributed by atoms with Crippen LogP contribution in [0.15, 0.2) is 40.9 Å². The first-order valence-electron chi connectivity index (χ1n) is 5.94. The Kier molecular flexibility index (Phi) is 3.48. The predicted molar refractivity (Wildman–Crippen MR) is 78.6 cm³/mol. The van der Waals surface area contributed by atoms with Gasteiger partial charge in [-0.3, -0.25) is 0 Å². The van der Waals surface area contributed by atoms with Crippen LogP contribution < -0.4 is 0 Å². The minimum atomic E-state index is -0.437. The lowest BCUT2D eigenvalue weighted by atomic mass is 9.74. The molecule has 2 aromatic carbocycles. The first-order chi connectivity index (χ1) is 9.08. The summed E-state index contributed by atoms with van der Waals surface area (Å²) in [4.78, 5) is -0.204. The molecule has 0 saturated carbocycles. The number of hydrogen-bond donors (Lipinski definition) is 0. The van der Waals surface area contributed by atoms with Crippen LogP contribution in [0, 0.1) is 11.6 Å². The fourth-order valence-corrected chi connectivity index (χ4v) is 3.66. The fourth-order valence-electron chi connectivity index (χ4n) is 2.52. The number of halogens is 4. The molecule has 3 rings (SSSR count). The largest absolute Gasteiger partial charge is 0.207 e. The van der Waals surface area contributed by atoms with E-state index in [1.807, 2.05) is 18.2 Å². The molecule has 0 N–H and O–H groups in total. The Morgan fingerprint density at radius 2 is 1.84 bits per heavy atom. The normalized spacial score (nSPS) is 18.6. The van der Waals surface area contributed by atoms with Gasteiger partial charge in [0.15, 0.2) is 0 Å². The van der Waals surface area contributed by atoms with Crippen LogP contribution in [0.25, 0.3) is 0 Å². The first kappa shape index (κ1) is 13.3. The molecule has 0 fully saturated rings. The lowest BCUT2D eigenvalue weighted by Crippen LogP contribution is -2.21. The Hall–Kier alpha value is -0.740. The van der Waals surface area contributed by atoms with E-state index in [9.17, 15) is 8.78 Å². The monoisotopic (exact) mass is 386 g/mol. The molecule has 0 spiro atoms. The molecule has 4 heteroatoms. The predicted octanol–water partition coefficient (Wildman–Crippen LogP) is 5.50. The summed E-state index contributed by atoms with van der Waals surface area (Å²) >= 11 is 6.51. The second-order valence-corrected chi connectivity index (χ2v) is 6.54. The summed E-state index contributed by atoms with van der Waals surface area (Å²) < 4.78 is 27.7. The van der Waals surface area contributed by atoms with Crippen molar-refractivity contribution in [2.24, 2.45) is 0 Å². The van der Waals surface area contributed by atoms with E-state index in [4.69, 9.17) is 0 Å². The average molecular weight is 388 g/mol. The number of alkyl halides is 1. The molecule has 0 bridgehead atoms. The topological polar surface area (TPSA) is 0 Å². The van der Waals surface area contributed by atoms with E-state index in [-0.39, 0.29) is 21.0 Å². The Labute approximate surface area is 127 Å². The fraction of sp³-hybridized carbons (Fsp3) is 0.200. The van der Waals surface area contributed by atoms with Gasteiger partial charge >= 0.3 is 0 Å². The van der Waals surface area contributed by atoms with Gasteiger partial charge in [0.2, 0.25) is 0 Å². The molecule has 0 radical (unpaired) electrons. The lowest BCUT2D eigenvalue weighted by molar-refractivity contribution is 0.544. The van der Waals surface area contributed by atoms with Crippen molar-refractivity contribution in [1.82, 2.24) is 0 Å². The Bertz CT molecular complexity index is 640. The standard InChI is InChI=1S/C15H10Br2F2/c16-12-7-13(18)11(6-14(12)19)15(17)10-5-8-3-1-2-4-9(8)10/h1-4,6-7,10,15H,5H2. The molecule has 2 aromatic rings. The Morgan fingerprint density at radius 1 is 1.11 bits per heavy atom. The second-order valence-electron chi connectivity index (χ2n) is 4.70. The van der Waals surface area contributed by atoms with Crippen LogP contribution in [0.5, 0.6) is 0 Å². The van der Waals surface area contributed by atoms with Crippen LogP contribution in [0.4, 0.5) is 8.78 Å². The summed E-state index contributed by atoms with van der Waals surface area (Å²) in [5.41, 5.74) is 2.88. The first-order valence-corrected chi connectivity index (χ1v) is 7.65. The van der Waals surface area contributed by atoms with Crippen LogP contribution >= 0.6 is 31.9 Å². The highest BCUT2D eigenvalue weighted by atomic mass is 79.9. The summed E-state index contributed by atoms with van der Waals surface area (Å²) in [5.74, 6) is -0.626. The molecule has 0 heterocycles. The second kappa shape index (κ2) is 4.98. The van der Waals surface area contributed by atoms with Gasteiger partial charge in [0.25, 0.3) is 0 Å². The Balaban J connectivity index is 1.94. The van der Waals surface area contributed by atoms with E-state index in [1.165, 1.54) is 23.3 Å². The van der Waals surface area contributed by atoms with Gasteiger partial charge in [-0.05, 0) is 45.6 Å². The zero-order valence-corrected chi connectivity index (χ0v) is 13.0. The highest BCUT2D eigenvalue weighted by Gasteiger charge is 2.33. The molecule has 0 saturated heterocycles. The van der Waals surface area contributed by atoms with Crippen molar-refractivity contribution in [3.63, 3.8) is 0 Å². The summed E-state index contributed by atoms with van der Waals surface area (Å²) in [6.07, 6.45) is 0.892. The summed E-state index contributed by atoms with van der Waals surface area (Å²) in [7, 11) is 0. The quantitative estimate of drug-likeness (QED) is 0.471. The van der Waals surface area contributed by atoms with E-state index in [2.05, 4.69) is 37.9 Å². The minimum absolute atomic E-state index is 0.155. The zero-order chi connectivity index (χ0) is 13.6.